The number of carbonyl (C=O) groups is 1. The molecule has 0 saturated heterocycles. The summed E-state index contributed by atoms with van der Waals surface area (Å²) in [5.74, 6) is 0.663. The number of nitrogens with two attached hydrogens (primary N) is 1. The fourth-order valence-corrected chi connectivity index (χ4v) is 1.32. The van der Waals surface area contributed by atoms with Gasteiger partial charge < -0.3 is 24.7 Å². The molecule has 0 bridgehead atoms. The van der Waals surface area contributed by atoms with E-state index < -0.39 is 6.16 Å². The summed E-state index contributed by atoms with van der Waals surface area (Å²) < 4.78 is 19.9. The second-order valence-electron chi connectivity index (χ2n) is 3.94. The van der Waals surface area contributed by atoms with Crippen LogP contribution in [0.4, 0.5) is 4.79 Å². The average Bonchev–Trinajstić information content (AvgIpc) is 2.53. The number of methoxy groups -OCH3 is 1. The second-order valence-corrected chi connectivity index (χ2v) is 3.94. The number of rotatable bonds is 9. The van der Waals surface area contributed by atoms with Crippen LogP contribution in [0.1, 0.15) is 12.5 Å². The first kappa shape index (κ1) is 17.7. The lowest BCUT2D eigenvalue weighted by molar-refractivity contribution is -0.00847. The van der Waals surface area contributed by atoms with E-state index in [-0.39, 0.29) is 19.2 Å². The minimum absolute atomic E-state index is 0.0518. The Labute approximate surface area is 128 Å². The fourth-order valence-electron chi connectivity index (χ4n) is 1.32. The lowest BCUT2D eigenvalue weighted by atomic mass is 10.2. The summed E-state index contributed by atoms with van der Waals surface area (Å²) in [5.41, 5.74) is 6.26. The van der Waals surface area contributed by atoms with Crippen LogP contribution in [0.2, 0.25) is 0 Å². The lowest BCUT2D eigenvalue weighted by Crippen LogP contribution is -2.15. The van der Waals surface area contributed by atoms with E-state index in [1.165, 1.54) is 0 Å². The van der Waals surface area contributed by atoms with Gasteiger partial charge in [-0.25, -0.2) is 4.79 Å². The largest absolute Gasteiger partial charge is 0.535 e. The Balaban J connectivity index is 2.43. The van der Waals surface area contributed by atoms with Crippen LogP contribution in [-0.4, -0.2) is 45.7 Å². The van der Waals surface area contributed by atoms with Crippen LogP contribution in [0.3, 0.4) is 0 Å². The van der Waals surface area contributed by atoms with Gasteiger partial charge in [-0.15, -0.1) is 0 Å². The maximum atomic E-state index is 11.0. The molecule has 1 aromatic rings. The molecule has 8 heteroatoms. The average molecular weight is 312 g/mol. The maximum absolute atomic E-state index is 11.0. The van der Waals surface area contributed by atoms with Crippen molar-refractivity contribution >= 4 is 12.0 Å². The van der Waals surface area contributed by atoms with Gasteiger partial charge in [0.2, 0.25) is 0 Å². The third-order valence-corrected chi connectivity index (χ3v) is 2.37. The molecule has 0 atom stereocenters. The van der Waals surface area contributed by atoms with Crippen molar-refractivity contribution in [3.8, 4) is 5.75 Å². The van der Waals surface area contributed by atoms with E-state index in [9.17, 15) is 4.79 Å². The van der Waals surface area contributed by atoms with Gasteiger partial charge in [0.15, 0.2) is 12.6 Å². The number of hydrogen-bond donors (Lipinski definition) is 1. The normalized spacial score (nSPS) is 11.1. The van der Waals surface area contributed by atoms with E-state index >= 15 is 0 Å². The van der Waals surface area contributed by atoms with Crippen LogP contribution < -0.4 is 10.5 Å². The zero-order chi connectivity index (χ0) is 16.2. The molecule has 1 rings (SSSR count). The van der Waals surface area contributed by atoms with Gasteiger partial charge in [-0.05, 0) is 31.2 Å². The standard InChI is InChI=1S/C14H20N2O6/c1-3-20-14(17)22-16-13(15)11-4-6-12(7-5-11)21-10-19-9-8-18-2/h4-7H,3,8-10H2,1-2H3,(H2,15,16). The molecule has 0 spiro atoms. The zero-order valence-corrected chi connectivity index (χ0v) is 12.6. The van der Waals surface area contributed by atoms with E-state index in [0.29, 0.717) is 24.5 Å². The SMILES string of the molecule is CCOC(=O)ON=C(N)c1ccc(OCOCCOC)cc1. The Morgan fingerprint density at radius 2 is 1.95 bits per heavy atom. The summed E-state index contributed by atoms with van der Waals surface area (Å²) >= 11 is 0. The van der Waals surface area contributed by atoms with Gasteiger partial charge in [0.1, 0.15) is 5.75 Å². The van der Waals surface area contributed by atoms with Gasteiger partial charge in [0.05, 0.1) is 19.8 Å². The summed E-state index contributed by atoms with van der Waals surface area (Å²) in [6, 6.07) is 6.75. The van der Waals surface area contributed by atoms with Gasteiger partial charge in [-0.3, -0.25) is 4.84 Å². The Morgan fingerprint density at radius 3 is 2.59 bits per heavy atom. The van der Waals surface area contributed by atoms with Crippen molar-refractivity contribution in [1.82, 2.24) is 0 Å². The summed E-state index contributed by atoms with van der Waals surface area (Å²) in [6.45, 7) is 2.95. The van der Waals surface area contributed by atoms with Gasteiger partial charge in [0, 0.05) is 12.7 Å². The number of nitrogens with zero attached hydrogens (tertiary/aromatic N) is 1. The molecule has 0 heterocycles. The van der Waals surface area contributed by atoms with Crippen LogP contribution in [0.15, 0.2) is 29.4 Å². The summed E-state index contributed by atoms with van der Waals surface area (Å²) in [6.07, 6.45) is -0.904. The number of hydrogen-bond acceptors (Lipinski definition) is 7. The Kier molecular flexibility index (Phi) is 8.39. The quantitative estimate of drug-likeness (QED) is 0.140. The summed E-state index contributed by atoms with van der Waals surface area (Å²) in [4.78, 5) is 15.4. The van der Waals surface area contributed by atoms with E-state index in [0.717, 1.165) is 0 Å². The van der Waals surface area contributed by atoms with E-state index in [4.69, 9.17) is 19.9 Å². The molecule has 22 heavy (non-hydrogen) atoms. The predicted molar refractivity (Wildman–Crippen MR) is 78.6 cm³/mol. The molecule has 0 aliphatic heterocycles. The Bertz CT molecular complexity index is 475. The molecule has 0 radical (unpaired) electrons. The summed E-state index contributed by atoms with van der Waals surface area (Å²) in [5, 5.41) is 3.48. The van der Waals surface area contributed by atoms with Crippen molar-refractivity contribution in [2.24, 2.45) is 10.9 Å². The van der Waals surface area contributed by atoms with Crippen molar-refractivity contribution in [3.05, 3.63) is 29.8 Å². The minimum atomic E-state index is -0.904. The smallest absolute Gasteiger partial charge is 0.468 e. The van der Waals surface area contributed by atoms with Crippen molar-refractivity contribution in [1.29, 1.82) is 0 Å². The highest BCUT2D eigenvalue weighted by atomic mass is 16.8. The summed E-state index contributed by atoms with van der Waals surface area (Å²) in [7, 11) is 1.60. The molecular weight excluding hydrogens is 292 g/mol. The molecule has 0 amide bonds. The van der Waals surface area contributed by atoms with Crippen LogP contribution in [0.25, 0.3) is 0 Å². The van der Waals surface area contributed by atoms with E-state index in [1.54, 1.807) is 38.3 Å². The van der Waals surface area contributed by atoms with Crippen molar-refractivity contribution in [3.63, 3.8) is 0 Å². The van der Waals surface area contributed by atoms with E-state index in [1.807, 2.05) is 0 Å². The molecule has 1 aromatic carbocycles. The van der Waals surface area contributed by atoms with Crippen molar-refractivity contribution < 1.29 is 28.6 Å². The topological polar surface area (TPSA) is 102 Å². The molecule has 8 nitrogen and oxygen atoms in total. The second kappa shape index (κ2) is 10.4. The maximum Gasteiger partial charge on any atom is 0.535 e. The van der Waals surface area contributed by atoms with Crippen LogP contribution in [0.5, 0.6) is 5.75 Å². The molecule has 0 aliphatic carbocycles. The van der Waals surface area contributed by atoms with Gasteiger partial charge in [-0.1, -0.05) is 5.16 Å². The highest BCUT2D eigenvalue weighted by Gasteiger charge is 2.04. The number of carbonyl (C=O) groups excluding carboxylic acids is 1. The number of ether oxygens (including phenoxy) is 4. The zero-order valence-electron chi connectivity index (χ0n) is 12.6. The monoisotopic (exact) mass is 312 g/mol. The molecule has 0 saturated carbocycles. The van der Waals surface area contributed by atoms with Gasteiger partial charge in [-0.2, -0.15) is 0 Å². The first-order chi connectivity index (χ1) is 10.7. The van der Waals surface area contributed by atoms with Crippen molar-refractivity contribution in [2.75, 3.05) is 33.7 Å². The van der Waals surface area contributed by atoms with Crippen LogP contribution in [0, 0.1) is 0 Å². The molecule has 0 unspecified atom stereocenters. The highest BCUT2D eigenvalue weighted by Crippen LogP contribution is 2.12. The van der Waals surface area contributed by atoms with Gasteiger partial charge in [0.25, 0.3) is 0 Å². The molecule has 2 N–H and O–H groups in total. The number of oxime groups is 1. The minimum Gasteiger partial charge on any atom is -0.468 e. The van der Waals surface area contributed by atoms with E-state index in [2.05, 4.69) is 14.7 Å². The Hall–Kier alpha value is -2.32. The molecule has 122 valence electrons. The molecule has 0 aromatic heterocycles. The molecular formula is C14H20N2O6. The van der Waals surface area contributed by atoms with Crippen molar-refractivity contribution in [2.45, 2.75) is 6.92 Å². The Morgan fingerprint density at radius 1 is 1.23 bits per heavy atom. The van der Waals surface area contributed by atoms with Gasteiger partial charge >= 0.3 is 6.16 Å². The van der Waals surface area contributed by atoms with Crippen LogP contribution in [-0.2, 0) is 19.0 Å². The highest BCUT2D eigenvalue weighted by molar-refractivity contribution is 5.97. The fraction of sp³-hybridized carbons (Fsp3) is 0.429. The first-order valence-electron chi connectivity index (χ1n) is 6.64. The van der Waals surface area contributed by atoms with Crippen LogP contribution >= 0.6 is 0 Å². The lowest BCUT2D eigenvalue weighted by Gasteiger charge is -2.07. The third kappa shape index (κ3) is 6.91. The molecule has 0 fully saturated rings. The number of amidine groups is 1. The molecule has 0 aliphatic rings. The number of benzene rings is 1. The predicted octanol–water partition coefficient (Wildman–Crippen LogP) is 1.48. The third-order valence-electron chi connectivity index (χ3n) is 2.37. The first-order valence-corrected chi connectivity index (χ1v) is 6.64.